The number of ether oxygens (including phenoxy) is 4. The number of fused-ring (bicyclic) bond motifs is 1. The van der Waals surface area contributed by atoms with E-state index in [-0.39, 0.29) is 5.41 Å². The molecule has 1 aromatic rings. The maximum absolute atomic E-state index is 6.08. The third-order valence-corrected chi connectivity index (χ3v) is 6.21. The number of hydrogen-bond acceptors (Lipinski definition) is 5. The molecule has 0 unspecified atom stereocenters. The van der Waals surface area contributed by atoms with Gasteiger partial charge in [0.2, 0.25) is 0 Å². The van der Waals surface area contributed by atoms with Crippen LogP contribution in [-0.4, -0.2) is 39.6 Å². The van der Waals surface area contributed by atoms with Crippen molar-refractivity contribution in [2.75, 3.05) is 39.6 Å². The molecule has 2 radical (unpaired) electrons. The van der Waals surface area contributed by atoms with Gasteiger partial charge in [-0.05, 0) is 12.8 Å². The second-order valence-corrected chi connectivity index (χ2v) is 9.29. The van der Waals surface area contributed by atoms with Crippen LogP contribution in [0.4, 0.5) is 0 Å². The first kappa shape index (κ1) is 25.5. The highest BCUT2D eigenvalue weighted by molar-refractivity contribution is 7.07. The third kappa shape index (κ3) is 10.0. The average Bonchev–Trinajstić information content (AvgIpc) is 3.15. The van der Waals surface area contributed by atoms with Crippen LogP contribution in [0.25, 0.3) is 0 Å². The molecule has 2 heterocycles. The largest absolute Gasteiger partial charge is 0.487 e. The molecule has 1 aliphatic rings. The standard InChI is InChI=1S/C25H42O4S/c1-3-5-7-9-11-13-15-26-19-25(20-27-16-14-12-10-8-6-4-2)21-28-23-17-30-18-24(23)29-22-25/h3-16,19-22H2,1-2H3. The second kappa shape index (κ2) is 15.9. The van der Waals surface area contributed by atoms with Gasteiger partial charge >= 0.3 is 0 Å². The Morgan fingerprint density at radius 2 is 1.13 bits per heavy atom. The predicted octanol–water partition coefficient (Wildman–Crippen LogP) is 6.86. The fourth-order valence-corrected chi connectivity index (χ4v) is 4.19. The quantitative estimate of drug-likeness (QED) is 0.235. The van der Waals surface area contributed by atoms with E-state index in [0.29, 0.717) is 37.9 Å². The van der Waals surface area contributed by atoms with Crippen molar-refractivity contribution in [3.8, 4) is 11.5 Å². The van der Waals surface area contributed by atoms with Crippen molar-refractivity contribution in [2.45, 2.75) is 90.9 Å². The summed E-state index contributed by atoms with van der Waals surface area (Å²) < 4.78 is 24.1. The van der Waals surface area contributed by atoms with Crippen LogP contribution in [0.15, 0.2) is 0 Å². The van der Waals surface area contributed by atoms with Crippen LogP contribution in [-0.2, 0) is 9.47 Å². The van der Waals surface area contributed by atoms with E-state index in [0.717, 1.165) is 26.1 Å². The summed E-state index contributed by atoms with van der Waals surface area (Å²) >= 11 is 1.37. The number of thiophene rings is 1. The summed E-state index contributed by atoms with van der Waals surface area (Å²) in [5.74, 6) is 1.35. The fourth-order valence-electron chi connectivity index (χ4n) is 3.65. The average molecular weight is 439 g/mol. The zero-order valence-electron chi connectivity index (χ0n) is 19.3. The molecule has 0 atom stereocenters. The van der Waals surface area contributed by atoms with E-state index in [1.807, 2.05) is 0 Å². The Labute approximate surface area is 188 Å². The molecule has 0 saturated carbocycles. The van der Waals surface area contributed by atoms with Gasteiger partial charge in [0.25, 0.3) is 0 Å². The molecule has 0 spiro atoms. The van der Waals surface area contributed by atoms with Crippen LogP contribution in [0, 0.1) is 16.2 Å². The molecule has 172 valence electrons. The van der Waals surface area contributed by atoms with Gasteiger partial charge in [-0.3, -0.25) is 0 Å². The highest BCUT2D eigenvalue weighted by Gasteiger charge is 2.36. The molecular formula is C25H42O4S. The van der Waals surface area contributed by atoms with Crippen LogP contribution in [0.5, 0.6) is 11.5 Å². The van der Waals surface area contributed by atoms with Crippen molar-refractivity contribution in [1.29, 1.82) is 0 Å². The molecule has 1 aromatic heterocycles. The highest BCUT2D eigenvalue weighted by Crippen LogP contribution is 2.36. The summed E-state index contributed by atoms with van der Waals surface area (Å²) in [4.78, 5) is 0. The maximum atomic E-state index is 6.08. The molecule has 30 heavy (non-hydrogen) atoms. The smallest absolute Gasteiger partial charge is 0.181 e. The van der Waals surface area contributed by atoms with Gasteiger partial charge in [-0.15, -0.1) is 11.3 Å². The predicted molar refractivity (Wildman–Crippen MR) is 124 cm³/mol. The molecule has 1 aliphatic heterocycles. The number of unbranched alkanes of at least 4 members (excludes halogenated alkanes) is 10. The molecule has 0 N–H and O–H groups in total. The molecule has 0 aromatic carbocycles. The molecule has 0 saturated heterocycles. The first-order valence-electron chi connectivity index (χ1n) is 12.1. The SMILES string of the molecule is CCCCCCCCOCC1(COCCCCCCCC)COc2[c]s[c]c2OC1. The Kier molecular flexibility index (Phi) is 13.5. The first-order valence-corrected chi connectivity index (χ1v) is 12.9. The minimum atomic E-state index is -0.275. The van der Waals surface area contributed by atoms with E-state index < -0.39 is 0 Å². The maximum Gasteiger partial charge on any atom is 0.181 e. The number of hydrogen-bond donors (Lipinski definition) is 0. The van der Waals surface area contributed by atoms with E-state index in [2.05, 4.69) is 24.6 Å². The summed E-state index contributed by atoms with van der Waals surface area (Å²) in [5.41, 5.74) is -0.275. The molecule has 0 aliphatic carbocycles. The third-order valence-electron chi connectivity index (χ3n) is 5.64. The fraction of sp³-hybridized carbons (Fsp3) is 0.840. The molecule has 0 amide bonds. The van der Waals surface area contributed by atoms with Crippen molar-refractivity contribution in [3.63, 3.8) is 0 Å². The Morgan fingerprint density at radius 3 is 1.60 bits per heavy atom. The van der Waals surface area contributed by atoms with E-state index in [1.165, 1.54) is 75.5 Å². The lowest BCUT2D eigenvalue weighted by Gasteiger charge is -2.30. The van der Waals surface area contributed by atoms with E-state index in [1.54, 1.807) is 0 Å². The van der Waals surface area contributed by atoms with Gasteiger partial charge in [0, 0.05) is 13.2 Å². The van der Waals surface area contributed by atoms with Crippen molar-refractivity contribution in [1.82, 2.24) is 0 Å². The summed E-state index contributed by atoms with van der Waals surface area (Å²) in [6, 6.07) is 0. The normalized spacial score (nSPS) is 15.3. The van der Waals surface area contributed by atoms with E-state index >= 15 is 0 Å². The van der Waals surface area contributed by atoms with E-state index in [9.17, 15) is 0 Å². The Morgan fingerprint density at radius 1 is 0.700 bits per heavy atom. The van der Waals surface area contributed by atoms with Gasteiger partial charge in [-0.2, -0.15) is 0 Å². The van der Waals surface area contributed by atoms with Crippen LogP contribution < -0.4 is 9.47 Å². The monoisotopic (exact) mass is 438 g/mol. The zero-order valence-corrected chi connectivity index (χ0v) is 20.1. The topological polar surface area (TPSA) is 36.9 Å². The minimum absolute atomic E-state index is 0.275. The summed E-state index contributed by atoms with van der Waals surface area (Å²) in [7, 11) is 0. The van der Waals surface area contributed by atoms with Crippen molar-refractivity contribution in [2.24, 2.45) is 5.41 Å². The molecule has 0 fully saturated rings. The van der Waals surface area contributed by atoms with Crippen molar-refractivity contribution < 1.29 is 18.9 Å². The summed E-state index contributed by atoms with van der Waals surface area (Å²) in [6.07, 6.45) is 15.3. The van der Waals surface area contributed by atoms with Gasteiger partial charge in [0.1, 0.15) is 13.2 Å². The van der Waals surface area contributed by atoms with Gasteiger partial charge in [-0.25, -0.2) is 0 Å². The van der Waals surface area contributed by atoms with Crippen LogP contribution >= 0.6 is 11.3 Å². The second-order valence-electron chi connectivity index (χ2n) is 8.68. The highest BCUT2D eigenvalue weighted by atomic mass is 32.1. The van der Waals surface area contributed by atoms with Crippen LogP contribution in [0.1, 0.15) is 90.9 Å². The lowest BCUT2D eigenvalue weighted by molar-refractivity contribution is -0.0606. The van der Waals surface area contributed by atoms with E-state index in [4.69, 9.17) is 18.9 Å². The number of rotatable bonds is 18. The van der Waals surface area contributed by atoms with Gasteiger partial charge in [0.15, 0.2) is 11.5 Å². The molecule has 4 nitrogen and oxygen atoms in total. The van der Waals surface area contributed by atoms with Gasteiger partial charge < -0.3 is 18.9 Å². The lowest BCUT2D eigenvalue weighted by atomic mass is 9.92. The van der Waals surface area contributed by atoms with Crippen LogP contribution in [0.2, 0.25) is 0 Å². The molecule has 5 heteroatoms. The molecular weight excluding hydrogens is 396 g/mol. The molecule has 0 bridgehead atoms. The van der Waals surface area contributed by atoms with Crippen molar-refractivity contribution >= 4 is 11.3 Å². The Hall–Kier alpha value is -0.780. The van der Waals surface area contributed by atoms with Gasteiger partial charge in [0.05, 0.1) is 29.4 Å². The lowest BCUT2D eigenvalue weighted by Crippen LogP contribution is -2.42. The van der Waals surface area contributed by atoms with Gasteiger partial charge in [-0.1, -0.05) is 78.1 Å². The van der Waals surface area contributed by atoms with Crippen molar-refractivity contribution in [3.05, 3.63) is 10.8 Å². The zero-order chi connectivity index (χ0) is 21.3. The summed E-state index contributed by atoms with van der Waals surface area (Å²) in [6.45, 7) is 8.38. The Bertz CT molecular complexity index is 486. The summed E-state index contributed by atoms with van der Waals surface area (Å²) in [5, 5.41) is 6.19. The molecule has 2 rings (SSSR count). The minimum Gasteiger partial charge on any atom is -0.487 e. The Balaban J connectivity index is 1.70. The first-order chi connectivity index (χ1) is 14.8. The van der Waals surface area contributed by atoms with Crippen LogP contribution in [0.3, 0.4) is 0 Å².